The van der Waals surface area contributed by atoms with Crippen molar-refractivity contribution in [3.8, 4) is 12.1 Å². The molecule has 0 bridgehead atoms. The molecule has 0 saturated carbocycles. The summed E-state index contributed by atoms with van der Waals surface area (Å²) in [5, 5.41) is 39.0. The zero-order chi connectivity index (χ0) is 46.2. The van der Waals surface area contributed by atoms with E-state index in [-0.39, 0.29) is 53.7 Å². The maximum atomic E-state index is 14.0. The number of nitriles is 2. The lowest BCUT2D eigenvalue weighted by Crippen LogP contribution is -2.48. The van der Waals surface area contributed by atoms with E-state index in [1.807, 2.05) is 12.1 Å². The normalized spacial score (nSPS) is 20.1. The van der Waals surface area contributed by atoms with E-state index < -0.39 is 59.8 Å². The number of rotatable bonds is 12. The first-order chi connectivity index (χ1) is 31.1. The quantitative estimate of drug-likeness (QED) is 0.0990. The van der Waals surface area contributed by atoms with Gasteiger partial charge in [0.05, 0.1) is 52.4 Å². The van der Waals surface area contributed by atoms with Gasteiger partial charge in [0.2, 0.25) is 0 Å². The maximum absolute atomic E-state index is 14.0. The molecule has 15 nitrogen and oxygen atoms in total. The summed E-state index contributed by atoms with van der Waals surface area (Å²) < 4.78 is 82.2. The number of nitrogens with one attached hydrogen (secondary N) is 3. The largest absolute Gasteiger partial charge is 0.416 e. The monoisotopic (exact) mass is 897 g/mol. The highest BCUT2D eigenvalue weighted by Gasteiger charge is 2.47. The number of anilines is 2. The zero-order valence-electron chi connectivity index (χ0n) is 34.0. The lowest BCUT2D eigenvalue weighted by atomic mass is 9.95. The molecule has 5 amide bonds. The van der Waals surface area contributed by atoms with Crippen LogP contribution < -0.4 is 25.8 Å². The van der Waals surface area contributed by atoms with Gasteiger partial charge in [0.25, 0.3) is 5.91 Å². The number of carbonyl (C=O) groups excluding carboxylic acids is 3. The lowest BCUT2D eigenvalue weighted by molar-refractivity contribution is -0.138. The van der Waals surface area contributed by atoms with E-state index in [4.69, 9.17) is 0 Å². The highest BCUT2D eigenvalue weighted by atomic mass is 19.4. The van der Waals surface area contributed by atoms with Crippen LogP contribution >= 0.6 is 0 Å². The molecule has 8 rings (SSSR count). The van der Waals surface area contributed by atoms with E-state index in [1.54, 1.807) is 17.0 Å². The van der Waals surface area contributed by atoms with Gasteiger partial charge in [-0.25, -0.2) is 19.6 Å². The number of hydrogen-bond donors (Lipinski definition) is 4. The van der Waals surface area contributed by atoms with E-state index in [0.29, 0.717) is 54.9 Å². The van der Waals surface area contributed by atoms with Crippen molar-refractivity contribution < 1.29 is 45.8 Å². The molecule has 65 heavy (non-hydrogen) atoms. The van der Waals surface area contributed by atoms with Crippen LogP contribution in [0.5, 0.6) is 0 Å². The standard InChI is InChI=1S/C44H37F6N11O4/c45-43(46,47)27-5-1-7-31(17-27)60-33-23-58(39(62)35(33)37(56-41(60)64)25-9-11-29(19-51)54-21-25)15-3-13-53-14-4-16-59-24-34-36(40(59)63)38(26-10-12-30(20-52)55-22-26)57-42(65)61(34)32-8-2-6-28(18-32)44(48,49)50/h1-2,5-12,17-18,21-22,37-39,53,62H,3-4,13-16,23-24H2,(H,56,64)(H,57,65)/t37-,38-,39?/m1/s1. The predicted octanol–water partition coefficient (Wildman–Crippen LogP) is 5.85. The van der Waals surface area contributed by atoms with Crippen LogP contribution in [-0.4, -0.2) is 88.3 Å². The summed E-state index contributed by atoms with van der Waals surface area (Å²) in [5.41, 5.74) is 0.0472. The molecule has 3 atom stereocenters. The summed E-state index contributed by atoms with van der Waals surface area (Å²) >= 11 is 0. The number of aliphatic hydroxyl groups excluding tert-OH is 1. The van der Waals surface area contributed by atoms with Gasteiger partial charge in [-0.05, 0) is 85.6 Å². The van der Waals surface area contributed by atoms with Crippen LogP contribution in [0, 0.1) is 22.7 Å². The summed E-state index contributed by atoms with van der Waals surface area (Å²) in [5.74, 6) is -0.437. The number of carbonyl (C=O) groups is 3. The predicted molar refractivity (Wildman–Crippen MR) is 219 cm³/mol. The molecule has 0 saturated heterocycles. The van der Waals surface area contributed by atoms with Gasteiger partial charge in [-0.3, -0.25) is 19.5 Å². The second kappa shape index (κ2) is 17.7. The van der Waals surface area contributed by atoms with E-state index in [2.05, 4.69) is 25.9 Å². The van der Waals surface area contributed by atoms with Crippen molar-refractivity contribution >= 4 is 29.3 Å². The van der Waals surface area contributed by atoms with Gasteiger partial charge in [-0.15, -0.1) is 0 Å². The third-order valence-corrected chi connectivity index (χ3v) is 11.5. The van der Waals surface area contributed by atoms with Crippen molar-refractivity contribution in [1.29, 1.82) is 10.5 Å². The smallest absolute Gasteiger partial charge is 0.374 e. The minimum atomic E-state index is -4.69. The molecule has 4 aromatic rings. The highest BCUT2D eigenvalue weighted by Crippen LogP contribution is 2.43. The van der Waals surface area contributed by atoms with Crippen LogP contribution in [0.3, 0.4) is 0 Å². The third-order valence-electron chi connectivity index (χ3n) is 11.5. The van der Waals surface area contributed by atoms with Crippen LogP contribution in [-0.2, 0) is 17.1 Å². The number of hydrogen-bond acceptors (Lipinski definition) is 10. The van der Waals surface area contributed by atoms with Crippen LogP contribution in [0.2, 0.25) is 0 Å². The number of aromatic nitrogens is 2. The fraction of sp³-hybridized carbons (Fsp3) is 0.295. The van der Waals surface area contributed by atoms with E-state index >= 15 is 0 Å². The molecule has 4 N–H and O–H groups in total. The Morgan fingerprint density at radius 2 is 1.23 bits per heavy atom. The molecular formula is C44H37F6N11O4. The van der Waals surface area contributed by atoms with Crippen LogP contribution in [0.4, 0.5) is 47.3 Å². The number of urea groups is 2. The van der Waals surface area contributed by atoms with E-state index in [1.165, 1.54) is 53.7 Å². The first-order valence-corrected chi connectivity index (χ1v) is 20.2. The van der Waals surface area contributed by atoms with Crippen molar-refractivity contribution in [2.45, 2.75) is 43.5 Å². The maximum Gasteiger partial charge on any atom is 0.416 e. The first-order valence-electron chi connectivity index (χ1n) is 20.2. The van der Waals surface area contributed by atoms with Crippen molar-refractivity contribution in [2.75, 3.05) is 49.1 Å². The molecule has 4 aliphatic rings. The van der Waals surface area contributed by atoms with Crippen molar-refractivity contribution in [2.24, 2.45) is 0 Å². The van der Waals surface area contributed by atoms with E-state index in [0.717, 1.165) is 34.1 Å². The fourth-order valence-electron chi connectivity index (χ4n) is 8.41. The molecule has 0 aliphatic carbocycles. The SMILES string of the molecule is N#Cc1ccc([C@H]2NC(=O)N(c3cccc(C(F)(F)F)c3)C3=C2C(=O)N(CCCNCCCN2CC4=C(C2O)[C@@H](c2ccc(C#N)nc2)NC(=O)N4c2cccc(C(F)(F)F)c2)C3)cn1. The van der Waals surface area contributed by atoms with Crippen LogP contribution in [0.25, 0.3) is 0 Å². The molecule has 21 heteroatoms. The summed E-state index contributed by atoms with van der Waals surface area (Å²) in [6.07, 6.45) is -6.95. The van der Waals surface area contributed by atoms with Gasteiger partial charge >= 0.3 is 24.4 Å². The summed E-state index contributed by atoms with van der Waals surface area (Å²) in [4.78, 5) is 54.8. The second-order valence-corrected chi connectivity index (χ2v) is 15.5. The molecular weight excluding hydrogens is 861 g/mol. The molecule has 2 aromatic heterocycles. The highest BCUT2D eigenvalue weighted by molar-refractivity contribution is 6.07. The Hall–Kier alpha value is -7.33. The number of pyridine rings is 2. The van der Waals surface area contributed by atoms with Gasteiger partial charge in [0, 0.05) is 43.3 Å². The lowest BCUT2D eigenvalue weighted by Gasteiger charge is -2.35. The van der Waals surface area contributed by atoms with Crippen LogP contribution in [0.15, 0.2) is 108 Å². The number of benzene rings is 2. The Morgan fingerprint density at radius 3 is 1.75 bits per heavy atom. The second-order valence-electron chi connectivity index (χ2n) is 15.5. The summed E-state index contributed by atoms with van der Waals surface area (Å²) in [6.45, 7) is 1.30. The van der Waals surface area contributed by atoms with Gasteiger partial charge in [-0.2, -0.15) is 36.9 Å². The Morgan fingerprint density at radius 1 is 0.708 bits per heavy atom. The average molecular weight is 898 g/mol. The topological polar surface area (TPSA) is 194 Å². The average Bonchev–Trinajstić information content (AvgIpc) is 3.79. The van der Waals surface area contributed by atoms with Crippen molar-refractivity contribution in [3.63, 3.8) is 0 Å². The molecule has 0 fully saturated rings. The third kappa shape index (κ3) is 8.81. The minimum Gasteiger partial charge on any atom is -0.374 e. The first kappa shape index (κ1) is 44.3. The Labute approximate surface area is 366 Å². The number of aliphatic hydroxyl groups is 1. The van der Waals surface area contributed by atoms with Crippen LogP contribution in [0.1, 0.15) is 58.6 Å². The van der Waals surface area contributed by atoms with Crippen molar-refractivity contribution in [3.05, 3.63) is 141 Å². The number of halogens is 6. The Kier molecular flexibility index (Phi) is 12.0. The van der Waals surface area contributed by atoms with Gasteiger partial charge < -0.3 is 26.0 Å². The molecule has 1 unspecified atom stereocenters. The minimum absolute atomic E-state index is 0.0174. The summed E-state index contributed by atoms with van der Waals surface area (Å²) in [7, 11) is 0. The molecule has 6 heterocycles. The van der Waals surface area contributed by atoms with Crippen molar-refractivity contribution in [1.82, 2.24) is 35.7 Å². The van der Waals surface area contributed by atoms with Gasteiger partial charge in [-0.1, -0.05) is 24.3 Å². The van der Waals surface area contributed by atoms with E-state index in [9.17, 15) is 56.4 Å². The molecule has 334 valence electrons. The molecule has 0 spiro atoms. The fourth-order valence-corrected chi connectivity index (χ4v) is 8.41. The number of alkyl halides is 6. The van der Waals surface area contributed by atoms with Gasteiger partial charge in [0.1, 0.15) is 29.8 Å². The number of amides is 5. The zero-order valence-corrected chi connectivity index (χ0v) is 34.0. The molecule has 4 aliphatic heterocycles. The van der Waals surface area contributed by atoms with Gasteiger partial charge in [0.15, 0.2) is 0 Å². The molecule has 2 aromatic carbocycles. The molecule has 0 radical (unpaired) electrons. The Balaban J connectivity index is 0.917. The summed E-state index contributed by atoms with van der Waals surface area (Å²) in [6, 6.07) is 15.1. The Bertz CT molecular complexity index is 2680. The number of nitrogens with zero attached hydrogens (tertiary/aromatic N) is 8.